The van der Waals surface area contributed by atoms with Crippen LogP contribution in [0, 0.1) is 34.5 Å². The summed E-state index contributed by atoms with van der Waals surface area (Å²) in [5.74, 6) is -1.33. The van der Waals surface area contributed by atoms with Crippen LogP contribution in [0.5, 0.6) is 0 Å². The number of piperidine rings is 1. The van der Waals surface area contributed by atoms with Gasteiger partial charge in [-0.2, -0.15) is 0 Å². The molecule has 7 heteroatoms. The van der Waals surface area contributed by atoms with Crippen molar-refractivity contribution in [3.05, 3.63) is 12.2 Å². The van der Waals surface area contributed by atoms with Crippen molar-refractivity contribution in [2.45, 2.75) is 62.2 Å². The summed E-state index contributed by atoms with van der Waals surface area (Å²) < 4.78 is 11.8. The zero-order chi connectivity index (χ0) is 21.4. The van der Waals surface area contributed by atoms with Crippen molar-refractivity contribution >= 4 is 5.78 Å². The van der Waals surface area contributed by atoms with Crippen LogP contribution in [-0.2, 0) is 14.3 Å². The van der Waals surface area contributed by atoms with Crippen LogP contribution >= 0.6 is 0 Å². The molecule has 1 heterocycles. The number of methoxy groups -OCH3 is 2. The van der Waals surface area contributed by atoms with Gasteiger partial charge in [0.2, 0.25) is 0 Å². The molecule has 4 saturated carbocycles. The number of carbonyl (C=O) groups is 1. The molecule has 5 fully saturated rings. The van der Waals surface area contributed by atoms with Crippen molar-refractivity contribution in [1.29, 1.82) is 0 Å². The lowest BCUT2D eigenvalue weighted by Gasteiger charge is -2.67. The summed E-state index contributed by atoms with van der Waals surface area (Å²) in [4.78, 5) is 15.7. The molecular weight excluding hydrogens is 386 g/mol. The van der Waals surface area contributed by atoms with Gasteiger partial charge in [0.15, 0.2) is 0 Å². The molecule has 7 nitrogen and oxygen atoms in total. The molecule has 6 aliphatic rings. The SMILES string of the molecule is CCN1C[C@]2(C)C=C[C@H](O)[C@]34C1[C@@](O)([C@@H](OC)[C@@H]32)[C@@]1(O)[C@H](OC)C[C@H]2C[C@@H]4[C@@H]1C2=O. The molecule has 12 atom stereocenters. The Bertz CT molecular complexity index is 848. The number of fused-ring (bicyclic) bond motifs is 2. The predicted molar refractivity (Wildman–Crippen MR) is 106 cm³/mol. The van der Waals surface area contributed by atoms with Crippen LogP contribution < -0.4 is 0 Å². The summed E-state index contributed by atoms with van der Waals surface area (Å²) in [6.45, 7) is 5.61. The van der Waals surface area contributed by atoms with E-state index in [1.807, 2.05) is 6.08 Å². The summed E-state index contributed by atoms with van der Waals surface area (Å²) in [6, 6.07) is -0.508. The number of aliphatic hydroxyl groups is 3. The molecule has 1 unspecified atom stereocenters. The Balaban J connectivity index is 1.73. The molecule has 1 saturated heterocycles. The lowest BCUT2D eigenvalue weighted by atomic mass is 9.44. The number of likely N-dealkylation sites (tertiary alicyclic amines) is 1. The Morgan fingerprint density at radius 3 is 2.57 bits per heavy atom. The zero-order valence-electron chi connectivity index (χ0n) is 18.1. The summed E-state index contributed by atoms with van der Waals surface area (Å²) in [6.07, 6.45) is 2.82. The minimum absolute atomic E-state index is 0.0228. The molecule has 6 rings (SSSR count). The van der Waals surface area contributed by atoms with Crippen molar-refractivity contribution < 1.29 is 29.6 Å². The molecule has 7 bridgehead atoms. The van der Waals surface area contributed by atoms with Gasteiger partial charge < -0.3 is 24.8 Å². The summed E-state index contributed by atoms with van der Waals surface area (Å²) >= 11 is 0. The number of ether oxygens (including phenoxy) is 2. The van der Waals surface area contributed by atoms with E-state index in [0.29, 0.717) is 25.9 Å². The topological polar surface area (TPSA) is 99.5 Å². The molecule has 3 N–H and O–H groups in total. The van der Waals surface area contributed by atoms with Crippen molar-refractivity contribution in [2.24, 2.45) is 34.5 Å². The minimum atomic E-state index is -1.75. The first-order valence-electron chi connectivity index (χ1n) is 11.3. The van der Waals surface area contributed by atoms with Crippen molar-refractivity contribution in [3.63, 3.8) is 0 Å². The van der Waals surface area contributed by atoms with E-state index in [0.717, 1.165) is 0 Å². The highest BCUT2D eigenvalue weighted by Crippen LogP contribution is 2.78. The molecule has 0 aromatic heterocycles. The van der Waals surface area contributed by atoms with Gasteiger partial charge in [-0.25, -0.2) is 0 Å². The zero-order valence-corrected chi connectivity index (χ0v) is 18.1. The lowest BCUT2D eigenvalue weighted by Crippen LogP contribution is -2.83. The molecule has 5 aliphatic carbocycles. The number of carbonyl (C=O) groups excluding carboxylic acids is 1. The number of nitrogens with zero attached hydrogens (tertiary/aromatic N) is 1. The van der Waals surface area contributed by atoms with E-state index in [4.69, 9.17) is 9.47 Å². The lowest BCUT2D eigenvalue weighted by molar-refractivity contribution is -0.309. The Morgan fingerprint density at radius 2 is 1.93 bits per heavy atom. The average Bonchev–Trinajstić information content (AvgIpc) is 3.07. The van der Waals surface area contributed by atoms with Gasteiger partial charge in [-0.15, -0.1) is 0 Å². The molecule has 0 amide bonds. The van der Waals surface area contributed by atoms with Crippen LogP contribution in [0.15, 0.2) is 12.2 Å². The molecule has 1 spiro atoms. The van der Waals surface area contributed by atoms with E-state index >= 15 is 0 Å². The number of rotatable bonds is 3. The first-order valence-corrected chi connectivity index (χ1v) is 11.3. The predicted octanol–water partition coefficient (Wildman–Crippen LogP) is -0.0254. The second kappa shape index (κ2) is 5.56. The third kappa shape index (κ3) is 1.62. The maximum absolute atomic E-state index is 13.5. The Kier molecular flexibility index (Phi) is 3.67. The van der Waals surface area contributed by atoms with E-state index in [9.17, 15) is 20.1 Å². The van der Waals surface area contributed by atoms with Crippen molar-refractivity contribution in [3.8, 4) is 0 Å². The third-order valence-electron chi connectivity index (χ3n) is 10.3. The second-order valence-electron chi connectivity index (χ2n) is 10.9. The number of ketones is 1. The molecule has 1 aliphatic heterocycles. The molecule has 0 radical (unpaired) electrons. The summed E-state index contributed by atoms with van der Waals surface area (Å²) in [5, 5.41) is 36.6. The number of Topliss-reactive ketones (excluding diaryl/α,β-unsaturated/α-hetero) is 1. The first kappa shape index (κ1) is 19.8. The van der Waals surface area contributed by atoms with Crippen molar-refractivity contribution in [1.82, 2.24) is 4.90 Å². The Hall–Kier alpha value is -0.830. The van der Waals surface area contributed by atoms with Crippen LogP contribution in [0.4, 0.5) is 0 Å². The van der Waals surface area contributed by atoms with Gasteiger partial charge >= 0.3 is 0 Å². The highest BCUT2D eigenvalue weighted by Gasteiger charge is 2.91. The van der Waals surface area contributed by atoms with E-state index in [-0.39, 0.29) is 29.0 Å². The van der Waals surface area contributed by atoms with Gasteiger partial charge in [0.25, 0.3) is 0 Å². The molecule has 30 heavy (non-hydrogen) atoms. The van der Waals surface area contributed by atoms with Crippen molar-refractivity contribution in [2.75, 3.05) is 27.3 Å². The van der Waals surface area contributed by atoms with Crippen LogP contribution in [0.3, 0.4) is 0 Å². The Morgan fingerprint density at radius 1 is 1.20 bits per heavy atom. The third-order valence-corrected chi connectivity index (χ3v) is 10.3. The Labute approximate surface area is 177 Å². The minimum Gasteiger partial charge on any atom is -0.388 e. The van der Waals surface area contributed by atoms with Crippen LogP contribution in [0.1, 0.15) is 26.7 Å². The van der Waals surface area contributed by atoms with Gasteiger partial charge in [0.1, 0.15) is 17.0 Å². The van der Waals surface area contributed by atoms with Gasteiger partial charge in [0.05, 0.1) is 30.3 Å². The van der Waals surface area contributed by atoms with Crippen LogP contribution in [0.2, 0.25) is 0 Å². The van der Waals surface area contributed by atoms with Gasteiger partial charge in [-0.05, 0) is 25.3 Å². The van der Waals surface area contributed by atoms with Crippen LogP contribution in [0.25, 0.3) is 0 Å². The molecule has 0 aromatic rings. The smallest absolute Gasteiger partial charge is 0.142 e. The highest BCUT2D eigenvalue weighted by molar-refractivity contribution is 5.89. The number of likely N-dealkylation sites (N-methyl/N-ethyl adjacent to an activating group) is 1. The monoisotopic (exact) mass is 419 g/mol. The number of hydrogen-bond acceptors (Lipinski definition) is 7. The van der Waals surface area contributed by atoms with E-state index < -0.39 is 46.9 Å². The van der Waals surface area contributed by atoms with E-state index in [2.05, 4.69) is 24.8 Å². The maximum atomic E-state index is 13.5. The standard InChI is InChI=1S/C23H33NO6/c1-5-24-10-20(2)7-6-13(25)21-12-8-11-9-14(29-3)22(27,15(12)16(11)26)23(28,19(21)24)18(30-4)17(20)21/h6-7,11-15,17-19,25,27-28H,5,8-10H2,1-4H3/t11-,12-,13+,14-,15-,17-,18+,19?,20+,21+,22-,23+/m1/s1. The number of hydrogen-bond donors (Lipinski definition) is 3. The molecule has 0 aromatic carbocycles. The fourth-order valence-electron chi connectivity index (χ4n) is 9.71. The van der Waals surface area contributed by atoms with Crippen LogP contribution in [-0.4, -0.2) is 88.9 Å². The molecule has 166 valence electrons. The highest BCUT2D eigenvalue weighted by atomic mass is 16.5. The van der Waals surface area contributed by atoms with E-state index in [1.165, 1.54) is 0 Å². The largest absolute Gasteiger partial charge is 0.388 e. The average molecular weight is 420 g/mol. The normalized spacial score (nSPS) is 62.8. The summed E-state index contributed by atoms with van der Waals surface area (Å²) in [7, 11) is 3.13. The number of aliphatic hydroxyl groups excluding tert-OH is 1. The second-order valence-corrected chi connectivity index (χ2v) is 10.9. The quantitative estimate of drug-likeness (QED) is 0.553. The van der Waals surface area contributed by atoms with E-state index in [1.54, 1.807) is 14.2 Å². The summed E-state index contributed by atoms with van der Waals surface area (Å²) in [5.41, 5.74) is -4.55. The first-order chi connectivity index (χ1) is 14.2. The molecular formula is C23H33NO6. The fourth-order valence-corrected chi connectivity index (χ4v) is 9.71. The van der Waals surface area contributed by atoms with Gasteiger partial charge in [-0.1, -0.05) is 26.0 Å². The fraction of sp³-hybridized carbons (Fsp3) is 0.870. The van der Waals surface area contributed by atoms with Gasteiger partial charge in [0, 0.05) is 43.4 Å². The van der Waals surface area contributed by atoms with Gasteiger partial charge in [-0.3, -0.25) is 9.69 Å². The maximum Gasteiger partial charge on any atom is 0.142 e.